The smallest absolute Gasteiger partial charge is 0.407 e. The molecule has 0 atom stereocenters. The van der Waals surface area contributed by atoms with Crippen LogP contribution < -0.4 is 16.0 Å². The minimum absolute atomic E-state index is 0.0368. The van der Waals surface area contributed by atoms with Crippen LogP contribution in [-0.2, 0) is 16.1 Å². The van der Waals surface area contributed by atoms with Crippen LogP contribution in [-0.4, -0.2) is 31.1 Å². The SMILES string of the molecule is CC.CCC(=O)NCCNC(=O)OCc1ccc(NC(C)C)cc1. The van der Waals surface area contributed by atoms with Crippen molar-refractivity contribution in [2.45, 2.75) is 53.7 Å². The molecule has 0 saturated heterocycles. The van der Waals surface area contributed by atoms with Gasteiger partial charge >= 0.3 is 6.09 Å². The lowest BCUT2D eigenvalue weighted by Crippen LogP contribution is -2.34. The molecule has 0 spiro atoms. The summed E-state index contributed by atoms with van der Waals surface area (Å²) in [6, 6.07) is 8.12. The van der Waals surface area contributed by atoms with Gasteiger partial charge in [0.15, 0.2) is 0 Å². The minimum Gasteiger partial charge on any atom is -0.445 e. The molecule has 0 aliphatic rings. The Labute approximate surface area is 145 Å². The van der Waals surface area contributed by atoms with Gasteiger partial charge in [0, 0.05) is 31.2 Å². The van der Waals surface area contributed by atoms with Crippen molar-refractivity contribution in [1.29, 1.82) is 0 Å². The second-order valence-electron chi connectivity index (χ2n) is 5.20. The molecular formula is C18H31N3O3. The summed E-state index contributed by atoms with van der Waals surface area (Å²) in [6.45, 7) is 10.9. The van der Waals surface area contributed by atoms with E-state index in [1.54, 1.807) is 6.92 Å². The van der Waals surface area contributed by atoms with Gasteiger partial charge in [0.2, 0.25) is 5.91 Å². The number of benzene rings is 1. The first-order valence-electron chi connectivity index (χ1n) is 8.54. The summed E-state index contributed by atoms with van der Waals surface area (Å²) in [5.74, 6) is -0.0368. The average Bonchev–Trinajstić information content (AvgIpc) is 2.59. The predicted octanol–water partition coefficient (Wildman–Crippen LogP) is 3.29. The zero-order chi connectivity index (χ0) is 18.4. The van der Waals surface area contributed by atoms with Crippen molar-refractivity contribution in [3.05, 3.63) is 29.8 Å². The molecule has 0 aromatic heterocycles. The Morgan fingerprint density at radius 2 is 1.62 bits per heavy atom. The molecular weight excluding hydrogens is 306 g/mol. The lowest BCUT2D eigenvalue weighted by molar-refractivity contribution is -0.120. The second-order valence-corrected chi connectivity index (χ2v) is 5.20. The molecule has 0 aliphatic carbocycles. The molecule has 6 heteroatoms. The number of rotatable bonds is 8. The molecule has 3 N–H and O–H groups in total. The van der Waals surface area contributed by atoms with Crippen LogP contribution in [0.2, 0.25) is 0 Å². The summed E-state index contributed by atoms with van der Waals surface area (Å²) in [6.07, 6.45) is -0.0540. The van der Waals surface area contributed by atoms with Crippen LogP contribution in [0.4, 0.5) is 10.5 Å². The van der Waals surface area contributed by atoms with Gasteiger partial charge in [-0.25, -0.2) is 4.79 Å². The van der Waals surface area contributed by atoms with E-state index in [1.165, 1.54) is 0 Å². The summed E-state index contributed by atoms with van der Waals surface area (Å²) >= 11 is 0. The normalized spacial score (nSPS) is 9.58. The van der Waals surface area contributed by atoms with E-state index >= 15 is 0 Å². The van der Waals surface area contributed by atoms with E-state index in [0.29, 0.717) is 25.6 Å². The second kappa shape index (κ2) is 13.2. The Hall–Kier alpha value is -2.24. The van der Waals surface area contributed by atoms with Gasteiger partial charge in [-0.15, -0.1) is 0 Å². The summed E-state index contributed by atoms with van der Waals surface area (Å²) < 4.78 is 5.10. The number of nitrogens with one attached hydrogen (secondary N) is 3. The molecule has 0 radical (unpaired) electrons. The highest BCUT2D eigenvalue weighted by Gasteiger charge is 2.03. The van der Waals surface area contributed by atoms with E-state index in [4.69, 9.17) is 4.74 Å². The van der Waals surface area contributed by atoms with Crippen LogP contribution in [0.5, 0.6) is 0 Å². The molecule has 6 nitrogen and oxygen atoms in total. The number of alkyl carbamates (subject to hydrolysis) is 1. The highest BCUT2D eigenvalue weighted by atomic mass is 16.5. The number of carbonyl (C=O) groups excluding carboxylic acids is 2. The topological polar surface area (TPSA) is 79.5 Å². The lowest BCUT2D eigenvalue weighted by atomic mass is 10.2. The van der Waals surface area contributed by atoms with E-state index in [9.17, 15) is 9.59 Å². The number of ether oxygens (including phenoxy) is 1. The fourth-order valence-corrected chi connectivity index (χ4v) is 1.72. The molecule has 1 rings (SSSR count). The fourth-order valence-electron chi connectivity index (χ4n) is 1.72. The van der Waals surface area contributed by atoms with Gasteiger partial charge in [0.1, 0.15) is 6.61 Å². The molecule has 0 fully saturated rings. The first-order chi connectivity index (χ1) is 11.5. The lowest BCUT2D eigenvalue weighted by Gasteiger charge is -2.11. The largest absolute Gasteiger partial charge is 0.445 e. The maximum absolute atomic E-state index is 11.5. The van der Waals surface area contributed by atoms with Crippen LogP contribution in [0, 0.1) is 0 Å². The fraction of sp³-hybridized carbons (Fsp3) is 0.556. The maximum atomic E-state index is 11.5. The van der Waals surface area contributed by atoms with Gasteiger partial charge in [-0.3, -0.25) is 4.79 Å². The molecule has 0 bridgehead atoms. The maximum Gasteiger partial charge on any atom is 0.407 e. The van der Waals surface area contributed by atoms with Gasteiger partial charge in [0.25, 0.3) is 0 Å². The first kappa shape index (κ1) is 21.8. The van der Waals surface area contributed by atoms with Crippen molar-refractivity contribution in [3.8, 4) is 0 Å². The Morgan fingerprint density at radius 1 is 1.04 bits per heavy atom. The standard InChI is InChI=1S/C16H25N3O3.C2H6/c1-4-15(20)17-9-10-18-16(21)22-11-13-5-7-14(8-6-13)19-12(2)3;1-2/h5-8,12,19H,4,9-11H2,1-3H3,(H,17,20)(H,18,21);1-2H3. The van der Waals surface area contributed by atoms with E-state index in [-0.39, 0.29) is 12.5 Å². The number of carbonyl (C=O) groups is 2. The van der Waals surface area contributed by atoms with Crippen molar-refractivity contribution >= 4 is 17.7 Å². The third kappa shape index (κ3) is 10.5. The average molecular weight is 337 g/mol. The van der Waals surface area contributed by atoms with Crippen LogP contribution in [0.3, 0.4) is 0 Å². The zero-order valence-electron chi connectivity index (χ0n) is 15.4. The molecule has 2 amide bonds. The third-order valence-electron chi connectivity index (χ3n) is 2.82. The van der Waals surface area contributed by atoms with Crippen molar-refractivity contribution in [3.63, 3.8) is 0 Å². The molecule has 136 valence electrons. The monoisotopic (exact) mass is 337 g/mol. The minimum atomic E-state index is -0.491. The third-order valence-corrected chi connectivity index (χ3v) is 2.82. The molecule has 0 heterocycles. The highest BCUT2D eigenvalue weighted by molar-refractivity contribution is 5.75. The van der Waals surface area contributed by atoms with Crippen LogP contribution in [0.15, 0.2) is 24.3 Å². The molecule has 0 aliphatic heterocycles. The Bertz CT molecular complexity index is 473. The molecule has 1 aromatic rings. The Morgan fingerprint density at radius 3 is 2.17 bits per heavy atom. The summed E-state index contributed by atoms with van der Waals surface area (Å²) in [5, 5.41) is 8.54. The van der Waals surface area contributed by atoms with Crippen molar-refractivity contribution < 1.29 is 14.3 Å². The van der Waals surface area contributed by atoms with Crippen LogP contribution >= 0.6 is 0 Å². The van der Waals surface area contributed by atoms with Gasteiger partial charge < -0.3 is 20.7 Å². The van der Waals surface area contributed by atoms with Crippen molar-refractivity contribution in [2.75, 3.05) is 18.4 Å². The quantitative estimate of drug-likeness (QED) is 0.636. The Kier molecular flexibility index (Phi) is 12.0. The molecule has 1 aromatic carbocycles. The molecule has 0 unspecified atom stereocenters. The number of hydrogen-bond acceptors (Lipinski definition) is 4. The van der Waals surface area contributed by atoms with Crippen molar-refractivity contribution in [1.82, 2.24) is 10.6 Å². The van der Waals surface area contributed by atoms with E-state index in [2.05, 4.69) is 29.8 Å². The predicted molar refractivity (Wildman–Crippen MR) is 98.0 cm³/mol. The van der Waals surface area contributed by atoms with Crippen LogP contribution in [0.1, 0.15) is 46.6 Å². The van der Waals surface area contributed by atoms with Gasteiger partial charge in [-0.2, -0.15) is 0 Å². The molecule has 0 saturated carbocycles. The van der Waals surface area contributed by atoms with Gasteiger partial charge in [-0.05, 0) is 31.5 Å². The molecule has 24 heavy (non-hydrogen) atoms. The Balaban J connectivity index is 0.00000254. The summed E-state index contributed by atoms with van der Waals surface area (Å²) in [5.41, 5.74) is 1.96. The summed E-state index contributed by atoms with van der Waals surface area (Å²) in [7, 11) is 0. The number of hydrogen-bond donors (Lipinski definition) is 3. The zero-order valence-corrected chi connectivity index (χ0v) is 15.4. The van der Waals surface area contributed by atoms with Gasteiger partial charge in [-0.1, -0.05) is 32.9 Å². The highest BCUT2D eigenvalue weighted by Crippen LogP contribution is 2.11. The van der Waals surface area contributed by atoms with E-state index in [1.807, 2.05) is 38.1 Å². The van der Waals surface area contributed by atoms with E-state index in [0.717, 1.165) is 11.3 Å². The number of amides is 2. The first-order valence-corrected chi connectivity index (χ1v) is 8.54. The van der Waals surface area contributed by atoms with E-state index < -0.39 is 6.09 Å². The van der Waals surface area contributed by atoms with Gasteiger partial charge in [0.05, 0.1) is 0 Å². The van der Waals surface area contributed by atoms with Crippen LogP contribution in [0.25, 0.3) is 0 Å². The number of anilines is 1. The summed E-state index contributed by atoms with van der Waals surface area (Å²) in [4.78, 5) is 22.5. The van der Waals surface area contributed by atoms with Crippen molar-refractivity contribution in [2.24, 2.45) is 0 Å².